The minimum atomic E-state index is -0.327. The van der Waals surface area contributed by atoms with Crippen LogP contribution < -0.4 is 0 Å². The number of hydrogen-bond acceptors (Lipinski definition) is 3. The van der Waals surface area contributed by atoms with E-state index < -0.39 is 0 Å². The Morgan fingerprint density at radius 3 is 2.58 bits per heavy atom. The molecule has 0 spiro atoms. The lowest BCUT2D eigenvalue weighted by Crippen LogP contribution is -2.53. The molecule has 1 rings (SSSR count). The van der Waals surface area contributed by atoms with Gasteiger partial charge in [-0.05, 0) is 5.92 Å². The Morgan fingerprint density at radius 1 is 1.50 bits per heavy atom. The molecule has 72 valence electrons. The smallest absolute Gasteiger partial charge is 0.109 e. The Bertz CT molecular complexity index is 136. The summed E-state index contributed by atoms with van der Waals surface area (Å²) in [6, 6.07) is 0. The fraction of sp³-hybridized carbons (Fsp3) is 1.00. The molecule has 1 saturated carbocycles. The second-order valence-corrected chi connectivity index (χ2v) is 3.77. The number of aliphatic hydroxyl groups is 1. The van der Waals surface area contributed by atoms with Crippen molar-refractivity contribution in [1.29, 1.82) is 0 Å². The average molecular weight is 174 g/mol. The molecular weight excluding hydrogens is 156 g/mol. The first-order chi connectivity index (χ1) is 5.65. The molecular formula is C9H18O3. The summed E-state index contributed by atoms with van der Waals surface area (Å²) >= 11 is 0. The van der Waals surface area contributed by atoms with Crippen LogP contribution in [0.25, 0.3) is 0 Å². The number of ether oxygens (including phenoxy) is 2. The zero-order valence-corrected chi connectivity index (χ0v) is 7.99. The predicted octanol–water partition coefficient (Wildman–Crippen LogP) is 0.807. The molecule has 3 atom stereocenters. The van der Waals surface area contributed by atoms with Crippen molar-refractivity contribution in [3.63, 3.8) is 0 Å². The molecule has 1 fully saturated rings. The quantitative estimate of drug-likeness (QED) is 0.685. The second kappa shape index (κ2) is 4.21. The maximum atomic E-state index is 9.24. The van der Waals surface area contributed by atoms with E-state index in [0.717, 1.165) is 6.61 Å². The lowest BCUT2D eigenvalue weighted by Gasteiger charge is -2.40. The summed E-state index contributed by atoms with van der Waals surface area (Å²) in [5.74, 6) is 0.542. The standard InChI is InChI=1S/C9H18O3/c1-6(2)5-12-8-4-7(10)9(8)11-3/h6-10H,4-5H2,1-3H3. The van der Waals surface area contributed by atoms with E-state index in [-0.39, 0.29) is 18.3 Å². The molecule has 0 heterocycles. The van der Waals surface area contributed by atoms with E-state index in [2.05, 4.69) is 13.8 Å². The van der Waals surface area contributed by atoms with Gasteiger partial charge in [-0.15, -0.1) is 0 Å². The van der Waals surface area contributed by atoms with E-state index >= 15 is 0 Å². The number of aliphatic hydroxyl groups excluding tert-OH is 1. The SMILES string of the molecule is COC1C(O)CC1OCC(C)C. The third-order valence-electron chi connectivity index (χ3n) is 2.14. The van der Waals surface area contributed by atoms with E-state index in [1.54, 1.807) is 7.11 Å². The summed E-state index contributed by atoms with van der Waals surface area (Å²) < 4.78 is 10.6. The Labute approximate surface area is 73.7 Å². The minimum absolute atomic E-state index is 0.104. The van der Waals surface area contributed by atoms with Gasteiger partial charge < -0.3 is 14.6 Å². The van der Waals surface area contributed by atoms with Crippen molar-refractivity contribution in [2.45, 2.75) is 38.6 Å². The molecule has 0 aromatic rings. The van der Waals surface area contributed by atoms with Gasteiger partial charge in [-0.3, -0.25) is 0 Å². The lowest BCUT2D eigenvalue weighted by molar-refractivity contribution is -0.184. The summed E-state index contributed by atoms with van der Waals surface area (Å²) in [4.78, 5) is 0. The Morgan fingerprint density at radius 2 is 2.17 bits per heavy atom. The first-order valence-corrected chi connectivity index (χ1v) is 4.47. The van der Waals surface area contributed by atoms with Crippen molar-refractivity contribution in [2.24, 2.45) is 5.92 Å². The molecule has 0 amide bonds. The van der Waals surface area contributed by atoms with Crippen LogP contribution in [-0.4, -0.2) is 37.1 Å². The van der Waals surface area contributed by atoms with Gasteiger partial charge in [-0.25, -0.2) is 0 Å². The Hall–Kier alpha value is -0.120. The monoisotopic (exact) mass is 174 g/mol. The Balaban J connectivity index is 2.17. The molecule has 3 heteroatoms. The average Bonchev–Trinajstić information content (AvgIpc) is 1.97. The fourth-order valence-corrected chi connectivity index (χ4v) is 1.35. The second-order valence-electron chi connectivity index (χ2n) is 3.77. The van der Waals surface area contributed by atoms with Gasteiger partial charge in [-0.2, -0.15) is 0 Å². The minimum Gasteiger partial charge on any atom is -0.390 e. The van der Waals surface area contributed by atoms with Gasteiger partial charge in [0.05, 0.1) is 12.2 Å². The normalized spacial score (nSPS) is 35.2. The van der Waals surface area contributed by atoms with Gasteiger partial charge in [-0.1, -0.05) is 13.8 Å². The van der Waals surface area contributed by atoms with Crippen LogP contribution in [0.1, 0.15) is 20.3 Å². The van der Waals surface area contributed by atoms with E-state index in [0.29, 0.717) is 12.3 Å². The van der Waals surface area contributed by atoms with E-state index in [4.69, 9.17) is 9.47 Å². The first-order valence-electron chi connectivity index (χ1n) is 4.47. The Kier molecular flexibility index (Phi) is 3.50. The fourth-order valence-electron chi connectivity index (χ4n) is 1.35. The van der Waals surface area contributed by atoms with Crippen LogP contribution in [0, 0.1) is 5.92 Å². The van der Waals surface area contributed by atoms with Crippen LogP contribution in [0.5, 0.6) is 0 Å². The largest absolute Gasteiger partial charge is 0.390 e. The van der Waals surface area contributed by atoms with Gasteiger partial charge in [0.1, 0.15) is 6.10 Å². The molecule has 0 bridgehead atoms. The molecule has 0 aromatic heterocycles. The van der Waals surface area contributed by atoms with Crippen molar-refractivity contribution in [3.05, 3.63) is 0 Å². The van der Waals surface area contributed by atoms with E-state index in [1.807, 2.05) is 0 Å². The zero-order valence-electron chi connectivity index (χ0n) is 7.99. The van der Waals surface area contributed by atoms with Crippen LogP contribution in [-0.2, 0) is 9.47 Å². The van der Waals surface area contributed by atoms with E-state index in [9.17, 15) is 5.11 Å². The number of hydrogen-bond donors (Lipinski definition) is 1. The number of rotatable bonds is 4. The van der Waals surface area contributed by atoms with Crippen LogP contribution in [0.4, 0.5) is 0 Å². The molecule has 3 nitrogen and oxygen atoms in total. The summed E-state index contributed by atoms with van der Waals surface area (Å²) in [5.41, 5.74) is 0. The van der Waals surface area contributed by atoms with Crippen LogP contribution >= 0.6 is 0 Å². The summed E-state index contributed by atoms with van der Waals surface area (Å²) in [6.45, 7) is 4.96. The highest BCUT2D eigenvalue weighted by molar-refractivity contribution is 4.91. The van der Waals surface area contributed by atoms with Crippen molar-refractivity contribution >= 4 is 0 Å². The van der Waals surface area contributed by atoms with Gasteiger partial charge >= 0.3 is 0 Å². The topological polar surface area (TPSA) is 38.7 Å². The molecule has 1 N–H and O–H groups in total. The van der Waals surface area contributed by atoms with Gasteiger partial charge in [0.15, 0.2) is 0 Å². The number of methoxy groups -OCH3 is 1. The molecule has 3 unspecified atom stereocenters. The lowest BCUT2D eigenvalue weighted by atomic mass is 9.88. The third-order valence-corrected chi connectivity index (χ3v) is 2.14. The van der Waals surface area contributed by atoms with Crippen molar-refractivity contribution < 1.29 is 14.6 Å². The van der Waals surface area contributed by atoms with Crippen molar-refractivity contribution in [2.75, 3.05) is 13.7 Å². The maximum Gasteiger partial charge on any atom is 0.109 e. The summed E-state index contributed by atoms with van der Waals surface area (Å²) in [5, 5.41) is 9.24. The summed E-state index contributed by atoms with van der Waals surface area (Å²) in [7, 11) is 1.61. The van der Waals surface area contributed by atoms with Gasteiger partial charge in [0, 0.05) is 20.1 Å². The third kappa shape index (κ3) is 2.19. The highest BCUT2D eigenvalue weighted by atomic mass is 16.5. The summed E-state index contributed by atoms with van der Waals surface area (Å²) in [6.07, 6.45) is 0.383. The zero-order chi connectivity index (χ0) is 9.14. The molecule has 12 heavy (non-hydrogen) atoms. The highest BCUT2D eigenvalue weighted by Gasteiger charge is 2.41. The maximum absolute atomic E-state index is 9.24. The molecule has 0 aliphatic heterocycles. The van der Waals surface area contributed by atoms with E-state index in [1.165, 1.54) is 0 Å². The molecule has 1 aliphatic carbocycles. The van der Waals surface area contributed by atoms with Gasteiger partial charge in [0.25, 0.3) is 0 Å². The molecule has 0 aromatic carbocycles. The molecule has 0 saturated heterocycles. The van der Waals surface area contributed by atoms with Crippen molar-refractivity contribution in [3.8, 4) is 0 Å². The first kappa shape index (κ1) is 9.96. The molecule has 1 aliphatic rings. The van der Waals surface area contributed by atoms with Gasteiger partial charge in [0.2, 0.25) is 0 Å². The van der Waals surface area contributed by atoms with Crippen LogP contribution in [0.15, 0.2) is 0 Å². The van der Waals surface area contributed by atoms with Crippen LogP contribution in [0.2, 0.25) is 0 Å². The highest BCUT2D eigenvalue weighted by Crippen LogP contribution is 2.26. The van der Waals surface area contributed by atoms with Crippen LogP contribution in [0.3, 0.4) is 0 Å². The predicted molar refractivity (Wildman–Crippen MR) is 46.0 cm³/mol. The molecule has 0 radical (unpaired) electrons. The van der Waals surface area contributed by atoms with Crippen molar-refractivity contribution in [1.82, 2.24) is 0 Å².